The van der Waals surface area contributed by atoms with Crippen LogP contribution in [0.2, 0.25) is 0 Å². The van der Waals surface area contributed by atoms with Crippen molar-refractivity contribution < 1.29 is 26.3 Å². The first-order valence-electron chi connectivity index (χ1n) is 12.8. The molecule has 1 aliphatic rings. The van der Waals surface area contributed by atoms with Crippen LogP contribution in [0.1, 0.15) is 22.3 Å². The van der Waals surface area contributed by atoms with Gasteiger partial charge in [0.2, 0.25) is 0 Å². The fourth-order valence-corrected chi connectivity index (χ4v) is 8.27. The molecule has 4 heterocycles. The molecule has 0 bridgehead atoms. The van der Waals surface area contributed by atoms with Gasteiger partial charge in [0.15, 0.2) is 0 Å². The van der Waals surface area contributed by atoms with Crippen molar-refractivity contribution in [1.29, 1.82) is 10.5 Å². The van der Waals surface area contributed by atoms with Crippen molar-refractivity contribution in [2.24, 2.45) is 8.73 Å². The topological polar surface area (TPSA) is 98.1 Å². The Morgan fingerprint density at radius 1 is 0.565 bits per heavy atom. The molecule has 3 aromatic heterocycles. The van der Waals surface area contributed by atoms with Gasteiger partial charge in [0.25, 0.3) is 0 Å². The summed E-state index contributed by atoms with van der Waals surface area (Å²) in [5, 5.41) is 18.7. The molecule has 0 spiro atoms. The van der Waals surface area contributed by atoms with Crippen molar-refractivity contribution in [1.82, 2.24) is 8.75 Å². The van der Waals surface area contributed by atoms with Crippen LogP contribution in [0.4, 0.5) is 37.7 Å². The van der Waals surface area contributed by atoms with Crippen LogP contribution in [0.15, 0.2) is 69.4 Å². The SMILES string of the molecule is N#Cc1cc(-c2ccc(-c3c4c(c(-c5ccc(-c6ccc(C(F)(F)F)c(C#N)c6)s5)c5nsnc35)N=S=N4)s2)ccc1C(F)(F)F. The van der Waals surface area contributed by atoms with Gasteiger partial charge in [-0.15, -0.1) is 22.7 Å². The average Bonchev–Trinajstić information content (AvgIpc) is 3.85. The first kappa shape index (κ1) is 29.9. The fourth-order valence-electron chi connectivity index (χ4n) is 5.05. The molecule has 3 aromatic carbocycles. The monoisotopic (exact) mass is 696 g/mol. The first-order chi connectivity index (χ1) is 22.0. The van der Waals surface area contributed by atoms with Crippen LogP contribution in [0, 0.1) is 22.7 Å². The Morgan fingerprint density at radius 3 is 1.37 bits per heavy atom. The fraction of sp³-hybridized carbons (Fsp3) is 0.0667. The van der Waals surface area contributed by atoms with E-state index in [4.69, 9.17) is 0 Å². The molecule has 0 N–H and O–H groups in total. The molecule has 6 nitrogen and oxygen atoms in total. The normalized spacial score (nSPS) is 12.6. The van der Waals surface area contributed by atoms with E-state index < -0.39 is 34.6 Å². The van der Waals surface area contributed by atoms with Crippen molar-refractivity contribution in [3.8, 4) is 53.9 Å². The van der Waals surface area contributed by atoms with Crippen molar-refractivity contribution in [3.63, 3.8) is 0 Å². The number of benzene rings is 3. The molecule has 7 rings (SSSR count). The second-order valence-corrected chi connectivity index (χ2v) is 13.0. The zero-order chi connectivity index (χ0) is 32.4. The van der Waals surface area contributed by atoms with Gasteiger partial charge in [0.1, 0.15) is 22.4 Å². The number of hydrogen-bond acceptors (Lipinski definition) is 9. The Hall–Kier alpha value is -4.74. The molecule has 0 amide bonds. The largest absolute Gasteiger partial charge is 0.417 e. The first-order valence-corrected chi connectivity index (χ1v) is 15.9. The van der Waals surface area contributed by atoms with Gasteiger partial charge < -0.3 is 0 Å². The Kier molecular flexibility index (Phi) is 7.13. The van der Waals surface area contributed by atoms with Gasteiger partial charge in [-0.05, 0) is 59.7 Å². The summed E-state index contributed by atoms with van der Waals surface area (Å²) < 4.78 is 98.2. The number of hydrogen-bond donors (Lipinski definition) is 0. The van der Waals surface area contributed by atoms with Crippen LogP contribution < -0.4 is 0 Å². The van der Waals surface area contributed by atoms with Crippen molar-refractivity contribution in [3.05, 3.63) is 82.9 Å². The molecular formula is C30H10F6N6S4. The highest BCUT2D eigenvalue weighted by Crippen LogP contribution is 2.55. The van der Waals surface area contributed by atoms with Gasteiger partial charge in [0.05, 0.1) is 57.5 Å². The number of halogens is 6. The molecule has 16 heteroatoms. The summed E-state index contributed by atoms with van der Waals surface area (Å²) in [4.78, 5) is 2.70. The molecule has 0 aliphatic carbocycles. The smallest absolute Gasteiger partial charge is 0.192 e. The molecule has 0 saturated carbocycles. The standard InChI is InChI=1S/C30H10F6N6S4/c31-29(32,33)17-3-1-13(9-15(17)11-37)19-5-7-21(43-19)23-25-27(41-45-39-25)24(28-26(23)40-46-42-28)22-8-6-20(44-22)14-2-4-18(30(34,35)36)16(10-14)12-38/h1-10H. The Labute approximate surface area is 270 Å². The summed E-state index contributed by atoms with van der Waals surface area (Å²) in [5.41, 5.74) is 1.40. The maximum atomic E-state index is 13.3. The lowest BCUT2D eigenvalue weighted by Gasteiger charge is -2.10. The number of fused-ring (bicyclic) bond motifs is 2. The quantitative estimate of drug-likeness (QED) is 0.171. The average molecular weight is 697 g/mol. The lowest BCUT2D eigenvalue weighted by Crippen LogP contribution is -2.07. The molecule has 46 heavy (non-hydrogen) atoms. The van der Waals surface area contributed by atoms with Crippen molar-refractivity contribution >= 4 is 68.2 Å². The van der Waals surface area contributed by atoms with Crippen LogP contribution >= 0.6 is 34.4 Å². The molecule has 1 aliphatic heterocycles. The maximum absolute atomic E-state index is 13.3. The Morgan fingerprint density at radius 2 is 0.978 bits per heavy atom. The molecule has 226 valence electrons. The highest BCUT2D eigenvalue weighted by molar-refractivity contribution is 7.58. The van der Waals surface area contributed by atoms with Crippen LogP contribution in [0.5, 0.6) is 0 Å². The minimum Gasteiger partial charge on any atom is -0.192 e. The van der Waals surface area contributed by atoms with Gasteiger partial charge >= 0.3 is 12.4 Å². The lowest BCUT2D eigenvalue weighted by atomic mass is 10.0. The number of nitriles is 2. The van der Waals surface area contributed by atoms with E-state index in [-0.39, 0.29) is 0 Å². The summed E-state index contributed by atoms with van der Waals surface area (Å²) in [6, 6.07) is 17.2. The maximum Gasteiger partial charge on any atom is 0.417 e. The summed E-state index contributed by atoms with van der Waals surface area (Å²) in [6.07, 6.45) is -9.31. The number of aromatic nitrogens is 2. The second kappa shape index (κ2) is 11.0. The zero-order valence-electron chi connectivity index (χ0n) is 22.4. The zero-order valence-corrected chi connectivity index (χ0v) is 25.6. The van der Waals surface area contributed by atoms with E-state index in [1.807, 2.05) is 0 Å². The minimum atomic E-state index is -4.65. The van der Waals surface area contributed by atoms with E-state index in [9.17, 15) is 36.9 Å². The van der Waals surface area contributed by atoms with E-state index >= 15 is 0 Å². The van der Waals surface area contributed by atoms with Crippen LogP contribution in [0.3, 0.4) is 0 Å². The van der Waals surface area contributed by atoms with E-state index in [1.54, 1.807) is 36.4 Å². The summed E-state index contributed by atoms with van der Waals surface area (Å²) in [6.45, 7) is 0. The molecule has 0 radical (unpaired) electrons. The molecule has 0 saturated heterocycles. The van der Waals surface area contributed by atoms with Gasteiger partial charge in [-0.1, -0.05) is 12.1 Å². The van der Waals surface area contributed by atoms with Crippen LogP contribution in [0.25, 0.3) is 52.8 Å². The van der Waals surface area contributed by atoms with Gasteiger partial charge in [-0.25, -0.2) is 0 Å². The van der Waals surface area contributed by atoms with E-state index in [2.05, 4.69) is 17.5 Å². The predicted molar refractivity (Wildman–Crippen MR) is 166 cm³/mol. The number of rotatable bonds is 4. The molecule has 0 fully saturated rings. The molecule has 0 unspecified atom stereocenters. The van der Waals surface area contributed by atoms with E-state index in [0.29, 0.717) is 54.4 Å². The van der Waals surface area contributed by atoms with E-state index in [0.717, 1.165) is 45.0 Å². The van der Waals surface area contributed by atoms with Gasteiger partial charge in [0, 0.05) is 30.6 Å². The third-order valence-corrected chi connectivity index (χ3v) is 10.4. The second-order valence-electron chi connectivity index (χ2n) is 9.74. The predicted octanol–water partition coefficient (Wildman–Crippen LogP) is 11.0. The van der Waals surface area contributed by atoms with Gasteiger partial charge in [-0.3, -0.25) is 0 Å². The molecule has 6 aromatic rings. The number of alkyl halides is 6. The van der Waals surface area contributed by atoms with Crippen molar-refractivity contribution in [2.75, 3.05) is 0 Å². The third-order valence-electron chi connectivity index (χ3n) is 7.09. The molecule has 0 atom stereocenters. The summed E-state index contributed by atoms with van der Waals surface area (Å²) >= 11 is 4.55. The van der Waals surface area contributed by atoms with E-state index in [1.165, 1.54) is 46.9 Å². The summed E-state index contributed by atoms with van der Waals surface area (Å²) in [7, 11) is 0. The Balaban J connectivity index is 1.31. The number of thiophene rings is 2. The van der Waals surface area contributed by atoms with Crippen molar-refractivity contribution in [2.45, 2.75) is 12.4 Å². The highest BCUT2D eigenvalue weighted by atomic mass is 32.1. The van der Waals surface area contributed by atoms with Gasteiger partial charge in [-0.2, -0.15) is 54.3 Å². The Bertz CT molecular complexity index is 2220. The van der Waals surface area contributed by atoms with Crippen LogP contribution in [-0.2, 0) is 23.7 Å². The third kappa shape index (κ3) is 5.00. The highest BCUT2D eigenvalue weighted by Gasteiger charge is 2.35. The lowest BCUT2D eigenvalue weighted by molar-refractivity contribution is -0.138. The summed E-state index contributed by atoms with van der Waals surface area (Å²) in [5.74, 6) is 0. The minimum absolute atomic E-state index is 0.451. The molecular weight excluding hydrogens is 687 g/mol. The number of nitrogens with zero attached hydrogens (tertiary/aromatic N) is 6. The van der Waals surface area contributed by atoms with Crippen LogP contribution in [-0.4, -0.2) is 8.75 Å².